The molecule has 2 aliphatic heterocycles. The van der Waals surface area contributed by atoms with Crippen molar-refractivity contribution in [2.45, 2.75) is 132 Å². The van der Waals surface area contributed by atoms with Gasteiger partial charge in [-0.1, -0.05) is 136 Å². The second kappa shape index (κ2) is 19.8. The molecule has 2 aromatic heterocycles. The van der Waals surface area contributed by atoms with Crippen LogP contribution in [-0.4, -0.2) is 9.97 Å². The Morgan fingerprint density at radius 3 is 1.17 bits per heavy atom. The van der Waals surface area contributed by atoms with Crippen molar-refractivity contribution in [1.82, 2.24) is 9.97 Å². The van der Waals surface area contributed by atoms with Crippen LogP contribution >= 0.6 is 0 Å². The normalized spacial score (nSPS) is 19.1. The van der Waals surface area contributed by atoms with Crippen molar-refractivity contribution in [1.29, 1.82) is 0 Å². The number of fused-ring (bicyclic) bond motifs is 5. The van der Waals surface area contributed by atoms with Crippen LogP contribution in [0.25, 0.3) is 33.4 Å². The van der Waals surface area contributed by atoms with Crippen molar-refractivity contribution in [2.75, 3.05) is 19.6 Å². The first kappa shape index (κ1) is 47.9. The third-order valence-electron chi connectivity index (χ3n) is 18.7. The van der Waals surface area contributed by atoms with Gasteiger partial charge >= 0.3 is 21.1 Å². The van der Waals surface area contributed by atoms with E-state index in [0.29, 0.717) is 23.7 Å². The van der Waals surface area contributed by atoms with Gasteiger partial charge in [-0.3, -0.25) is 0 Å². The SMILES string of the molecule is [Pt+4].[c-]1ccc(-c2c(C3CCCC3)cccc2C2CCCC2)cc1N1[CH-]N(C2(N3[CH-]N(c4[c-]ccc(-c5c(C6CCCC6)cccc5C5CCCC5)c4)c4ncccc43)c3ccccc3-c3ccccc32)c2cccnc21. The van der Waals surface area contributed by atoms with Crippen LogP contribution in [0.4, 0.5) is 34.4 Å². The molecule has 76 heavy (non-hydrogen) atoms. The van der Waals surface area contributed by atoms with Crippen molar-refractivity contribution >= 4 is 34.4 Å². The molecule has 0 unspecified atom stereocenters. The number of anilines is 6. The van der Waals surface area contributed by atoms with E-state index in [1.165, 1.54) is 169 Å². The predicted octanol–water partition coefficient (Wildman–Crippen LogP) is 17.8. The molecule has 4 heterocycles. The molecular formula is C69H64N6Pt. The molecule has 380 valence electrons. The summed E-state index contributed by atoms with van der Waals surface area (Å²) in [6, 6.07) is 62.5. The summed E-state index contributed by atoms with van der Waals surface area (Å²) in [5.41, 5.74) is 19.6. The molecule has 4 saturated carbocycles. The van der Waals surface area contributed by atoms with Gasteiger partial charge in [-0.2, -0.15) is 36.4 Å². The van der Waals surface area contributed by atoms with Gasteiger partial charge in [-0.05, 0) is 144 Å². The number of hydrogen-bond donors (Lipinski definition) is 0. The zero-order chi connectivity index (χ0) is 49.5. The van der Waals surface area contributed by atoms with E-state index in [1.807, 2.05) is 12.4 Å². The molecule has 6 nitrogen and oxygen atoms in total. The summed E-state index contributed by atoms with van der Waals surface area (Å²) in [4.78, 5) is 20.1. The molecule has 0 amide bonds. The van der Waals surface area contributed by atoms with Gasteiger partial charge in [0.2, 0.25) is 0 Å². The molecule has 7 aliphatic rings. The van der Waals surface area contributed by atoms with Crippen LogP contribution in [0.2, 0.25) is 0 Å². The number of nitrogens with zero attached hydrogens (tertiary/aromatic N) is 6. The Morgan fingerprint density at radius 2 is 0.789 bits per heavy atom. The van der Waals surface area contributed by atoms with Crippen LogP contribution in [0.15, 0.2) is 158 Å². The molecule has 0 bridgehead atoms. The monoisotopic (exact) mass is 1170 g/mol. The molecule has 7 heteroatoms. The summed E-state index contributed by atoms with van der Waals surface area (Å²) >= 11 is 0. The predicted molar refractivity (Wildman–Crippen MR) is 305 cm³/mol. The molecule has 5 aliphatic carbocycles. The number of aromatic nitrogens is 2. The van der Waals surface area contributed by atoms with Crippen LogP contribution < -0.4 is 19.6 Å². The maximum atomic E-state index is 5.26. The Morgan fingerprint density at radius 1 is 0.421 bits per heavy atom. The Labute approximate surface area is 464 Å². The van der Waals surface area contributed by atoms with Gasteiger partial charge in [-0.15, -0.1) is 48.0 Å². The smallest absolute Gasteiger partial charge is 0.478 e. The zero-order valence-electron chi connectivity index (χ0n) is 43.3. The first-order chi connectivity index (χ1) is 37.2. The van der Waals surface area contributed by atoms with Crippen LogP contribution in [-0.2, 0) is 26.7 Å². The topological polar surface area (TPSA) is 38.7 Å². The van der Waals surface area contributed by atoms with E-state index in [9.17, 15) is 0 Å². The Kier molecular flexibility index (Phi) is 12.5. The molecule has 0 atom stereocenters. The summed E-state index contributed by atoms with van der Waals surface area (Å²) < 4.78 is 0. The van der Waals surface area contributed by atoms with Crippen molar-refractivity contribution in [3.8, 4) is 33.4 Å². The van der Waals surface area contributed by atoms with E-state index in [1.54, 1.807) is 0 Å². The average Bonchev–Trinajstić information content (AvgIpc) is 4.51. The Bertz CT molecular complexity index is 3150. The average molecular weight is 1170 g/mol. The van der Waals surface area contributed by atoms with Gasteiger partial charge < -0.3 is 19.6 Å². The first-order valence-electron chi connectivity index (χ1n) is 28.5. The third kappa shape index (κ3) is 7.65. The van der Waals surface area contributed by atoms with Crippen LogP contribution in [0.3, 0.4) is 0 Å². The van der Waals surface area contributed by atoms with Gasteiger partial charge in [0.05, 0.1) is 11.4 Å². The minimum atomic E-state index is -0.906. The molecule has 0 saturated heterocycles. The zero-order valence-corrected chi connectivity index (χ0v) is 45.6. The van der Waals surface area contributed by atoms with Gasteiger partial charge in [-0.25, -0.2) is 9.97 Å². The molecule has 0 radical (unpaired) electrons. The molecule has 6 aromatic carbocycles. The summed E-state index contributed by atoms with van der Waals surface area (Å²) in [6.07, 6.45) is 24.6. The summed E-state index contributed by atoms with van der Waals surface area (Å²) in [5.74, 6) is 4.17. The molecule has 15 rings (SSSR count). The molecule has 4 fully saturated rings. The number of rotatable bonds is 10. The fourth-order valence-corrected chi connectivity index (χ4v) is 15.3. The van der Waals surface area contributed by atoms with E-state index in [0.717, 1.165) is 34.4 Å². The Hall–Kier alpha value is -6.49. The quantitative estimate of drug-likeness (QED) is 0.127. The number of hydrogen-bond acceptors (Lipinski definition) is 6. The standard InChI is InChI=1S/C69H64N6.Pt/c1-2-20-47(19-1)55-33-15-34-56(48-21-3-4-22-48)65(55)51-27-13-29-53(43-51)72-45-74(63-39-17-41-70-67(63)72)69(61-37-11-9-31-59(61)60-32-10-12-38-62(60)69)75-46-73(68-64(75)40-18-42-71-68)54-30-14-28-52(44-54)66-57(49-23-5-6-24-49)35-16-36-58(66)50-25-7-8-26-50;/h9-18,27-28,31-50H,1-8,19-26H2;/q-4;+4. The second-order valence-electron chi connectivity index (χ2n) is 22.6. The van der Waals surface area contributed by atoms with Crippen LogP contribution in [0.5, 0.6) is 0 Å². The molecular weight excluding hydrogens is 1110 g/mol. The van der Waals surface area contributed by atoms with E-state index < -0.39 is 5.66 Å². The molecule has 0 N–H and O–H groups in total. The maximum absolute atomic E-state index is 5.26. The first-order valence-corrected chi connectivity index (χ1v) is 28.5. The minimum absolute atomic E-state index is 0. The van der Waals surface area contributed by atoms with Gasteiger partial charge in [0, 0.05) is 23.5 Å². The van der Waals surface area contributed by atoms with Crippen LogP contribution in [0, 0.1) is 25.5 Å². The number of pyridine rings is 2. The second-order valence-corrected chi connectivity index (χ2v) is 22.6. The largest absolute Gasteiger partial charge is 4.00 e. The van der Waals surface area contributed by atoms with Crippen molar-refractivity contribution in [2.24, 2.45) is 0 Å². The van der Waals surface area contributed by atoms with E-state index in [4.69, 9.17) is 9.97 Å². The van der Waals surface area contributed by atoms with E-state index >= 15 is 0 Å². The fourth-order valence-electron chi connectivity index (χ4n) is 15.3. The molecule has 8 aromatic rings. The van der Waals surface area contributed by atoms with Crippen molar-refractivity contribution < 1.29 is 21.1 Å². The van der Waals surface area contributed by atoms with Gasteiger partial charge in [0.15, 0.2) is 0 Å². The van der Waals surface area contributed by atoms with Crippen molar-refractivity contribution in [3.05, 3.63) is 217 Å². The van der Waals surface area contributed by atoms with E-state index in [-0.39, 0.29) is 21.1 Å². The maximum Gasteiger partial charge on any atom is 4.00 e. The Balaban J connectivity index is 0.00000528. The van der Waals surface area contributed by atoms with E-state index in [2.05, 4.69) is 191 Å². The summed E-state index contributed by atoms with van der Waals surface area (Å²) in [6.45, 7) is 4.63. The molecule has 0 spiro atoms. The van der Waals surface area contributed by atoms with Gasteiger partial charge in [0.1, 0.15) is 17.3 Å². The summed E-state index contributed by atoms with van der Waals surface area (Å²) in [7, 11) is 0. The number of benzene rings is 6. The third-order valence-corrected chi connectivity index (χ3v) is 18.7. The minimum Gasteiger partial charge on any atom is -0.478 e. The van der Waals surface area contributed by atoms with Crippen LogP contribution in [0.1, 0.15) is 160 Å². The van der Waals surface area contributed by atoms with Crippen molar-refractivity contribution in [3.63, 3.8) is 0 Å². The van der Waals surface area contributed by atoms with Gasteiger partial charge in [0.25, 0.3) is 0 Å². The summed E-state index contributed by atoms with van der Waals surface area (Å²) in [5, 5.41) is 0. The fraction of sp³-hybridized carbons (Fsp3) is 0.304.